The van der Waals surface area contributed by atoms with Crippen molar-refractivity contribution in [1.29, 1.82) is 0 Å². The fourth-order valence-corrected chi connectivity index (χ4v) is 2.63. The summed E-state index contributed by atoms with van der Waals surface area (Å²) in [6.07, 6.45) is 6.15. The zero-order valence-corrected chi connectivity index (χ0v) is 11.6. The molecule has 3 heterocycles. The minimum Gasteiger partial charge on any atom is -0.348 e. The van der Waals surface area contributed by atoms with Crippen LogP contribution in [0.5, 0.6) is 0 Å². The second kappa shape index (κ2) is 5.58. The molecule has 0 aromatic carbocycles. The third-order valence-corrected chi connectivity index (χ3v) is 3.62. The van der Waals surface area contributed by atoms with Crippen LogP contribution >= 0.6 is 0 Å². The number of imidazole rings is 1. The lowest BCUT2D eigenvalue weighted by Crippen LogP contribution is -2.35. The van der Waals surface area contributed by atoms with Crippen LogP contribution < -0.4 is 5.56 Å². The van der Waals surface area contributed by atoms with Crippen molar-refractivity contribution in [1.82, 2.24) is 24.8 Å². The van der Waals surface area contributed by atoms with Gasteiger partial charge >= 0.3 is 0 Å². The minimum absolute atomic E-state index is 0.0381. The van der Waals surface area contributed by atoms with Gasteiger partial charge in [-0.3, -0.25) is 9.69 Å². The number of H-pyrrole nitrogens is 2. The summed E-state index contributed by atoms with van der Waals surface area (Å²) in [5.41, 5.74) is 1.81. The van der Waals surface area contributed by atoms with E-state index in [1.54, 1.807) is 6.20 Å². The predicted molar refractivity (Wildman–Crippen MR) is 75.3 cm³/mol. The van der Waals surface area contributed by atoms with Crippen molar-refractivity contribution in [3.05, 3.63) is 45.7 Å². The summed E-state index contributed by atoms with van der Waals surface area (Å²) in [6, 6.07) is 0. The number of rotatable bonds is 4. The van der Waals surface area contributed by atoms with Crippen LogP contribution in [0.4, 0.5) is 0 Å². The number of aryl methyl sites for hydroxylation is 1. The number of aromatic nitrogens is 4. The summed E-state index contributed by atoms with van der Waals surface area (Å²) in [7, 11) is 0. The van der Waals surface area contributed by atoms with E-state index in [2.05, 4.69) is 31.8 Å². The maximum Gasteiger partial charge on any atom is 0.254 e. The van der Waals surface area contributed by atoms with Gasteiger partial charge in [-0.1, -0.05) is 6.92 Å². The van der Waals surface area contributed by atoms with Gasteiger partial charge in [0.05, 0.1) is 12.2 Å². The van der Waals surface area contributed by atoms with E-state index in [1.165, 1.54) is 0 Å². The molecular weight excluding hydrogens is 254 g/mol. The van der Waals surface area contributed by atoms with E-state index >= 15 is 0 Å². The Balaban J connectivity index is 1.80. The molecule has 0 bridgehead atoms. The lowest BCUT2D eigenvalue weighted by Gasteiger charge is -2.26. The Morgan fingerprint density at radius 2 is 2.30 bits per heavy atom. The second-order valence-corrected chi connectivity index (χ2v) is 5.18. The lowest BCUT2D eigenvalue weighted by atomic mass is 10.1. The molecule has 1 aliphatic heterocycles. The molecule has 6 heteroatoms. The highest BCUT2D eigenvalue weighted by Gasteiger charge is 2.21. The number of fused-ring (bicyclic) bond motifs is 1. The Kier molecular flexibility index (Phi) is 3.64. The van der Waals surface area contributed by atoms with Crippen LogP contribution in [0.15, 0.2) is 17.2 Å². The lowest BCUT2D eigenvalue weighted by molar-refractivity contribution is 0.235. The topological polar surface area (TPSA) is 77.7 Å². The van der Waals surface area contributed by atoms with E-state index < -0.39 is 0 Å². The van der Waals surface area contributed by atoms with Gasteiger partial charge in [-0.25, -0.2) is 9.97 Å². The first-order valence-electron chi connectivity index (χ1n) is 7.08. The first-order chi connectivity index (χ1) is 9.76. The van der Waals surface area contributed by atoms with Gasteiger partial charge < -0.3 is 9.97 Å². The van der Waals surface area contributed by atoms with Crippen molar-refractivity contribution in [2.75, 3.05) is 6.54 Å². The van der Waals surface area contributed by atoms with Crippen LogP contribution in [0.3, 0.4) is 0 Å². The highest BCUT2D eigenvalue weighted by atomic mass is 16.1. The molecule has 1 aliphatic rings. The van der Waals surface area contributed by atoms with Gasteiger partial charge in [0.2, 0.25) is 0 Å². The zero-order chi connectivity index (χ0) is 13.9. The van der Waals surface area contributed by atoms with Gasteiger partial charge in [-0.2, -0.15) is 0 Å². The molecule has 2 aromatic rings. The Bertz CT molecular complexity index is 632. The largest absolute Gasteiger partial charge is 0.348 e. The smallest absolute Gasteiger partial charge is 0.254 e. The van der Waals surface area contributed by atoms with E-state index in [-0.39, 0.29) is 5.56 Å². The average molecular weight is 273 g/mol. The Morgan fingerprint density at radius 3 is 3.05 bits per heavy atom. The molecule has 0 saturated heterocycles. The molecule has 3 rings (SSSR count). The first-order valence-corrected chi connectivity index (χ1v) is 7.08. The van der Waals surface area contributed by atoms with E-state index in [0.29, 0.717) is 0 Å². The van der Waals surface area contributed by atoms with Crippen LogP contribution in [0, 0.1) is 0 Å². The molecule has 0 amide bonds. The fourth-order valence-electron chi connectivity index (χ4n) is 2.63. The molecule has 6 nitrogen and oxygen atoms in total. The molecule has 0 fully saturated rings. The van der Waals surface area contributed by atoms with Gasteiger partial charge in [-0.05, 0) is 12.8 Å². The molecular formula is C14H19N5O. The third kappa shape index (κ3) is 2.65. The zero-order valence-electron chi connectivity index (χ0n) is 11.6. The molecule has 0 radical (unpaired) electrons. The Morgan fingerprint density at radius 1 is 1.40 bits per heavy atom. The summed E-state index contributed by atoms with van der Waals surface area (Å²) in [5.74, 6) is 1.75. The number of hydrogen-bond acceptors (Lipinski definition) is 4. The standard InChI is InChI=1S/C14H19N5O/c1-2-3-12-17-11-8-19(9-13-15-5-6-16-13)7-4-10(11)14(20)18-12/h5-6H,2-4,7-9H2,1H3,(H,15,16)(H,17,18,20). The summed E-state index contributed by atoms with van der Waals surface area (Å²) in [5, 5.41) is 0. The van der Waals surface area contributed by atoms with Crippen molar-refractivity contribution in [3.63, 3.8) is 0 Å². The van der Waals surface area contributed by atoms with E-state index in [1.807, 2.05) is 6.20 Å². The summed E-state index contributed by atoms with van der Waals surface area (Å²) < 4.78 is 0. The fraction of sp³-hybridized carbons (Fsp3) is 0.500. The quantitative estimate of drug-likeness (QED) is 0.871. The van der Waals surface area contributed by atoms with Gasteiger partial charge in [0.1, 0.15) is 11.6 Å². The van der Waals surface area contributed by atoms with Crippen LogP contribution in [-0.4, -0.2) is 31.4 Å². The van der Waals surface area contributed by atoms with E-state index in [9.17, 15) is 4.79 Å². The Hall–Kier alpha value is -1.95. The molecule has 2 aromatic heterocycles. The molecule has 0 spiro atoms. The second-order valence-electron chi connectivity index (χ2n) is 5.18. The van der Waals surface area contributed by atoms with Crippen LogP contribution in [-0.2, 0) is 25.9 Å². The summed E-state index contributed by atoms with van der Waals surface area (Å²) >= 11 is 0. The molecule has 0 unspecified atom stereocenters. The van der Waals surface area contributed by atoms with Gasteiger partial charge in [0.15, 0.2) is 0 Å². The number of aromatic amines is 2. The van der Waals surface area contributed by atoms with E-state index in [0.717, 1.165) is 61.8 Å². The highest BCUT2D eigenvalue weighted by Crippen LogP contribution is 2.15. The molecule has 0 saturated carbocycles. The maximum absolute atomic E-state index is 12.1. The van der Waals surface area contributed by atoms with E-state index in [4.69, 9.17) is 0 Å². The monoisotopic (exact) mass is 273 g/mol. The van der Waals surface area contributed by atoms with Crippen LogP contribution in [0.2, 0.25) is 0 Å². The predicted octanol–water partition coefficient (Wildman–Crippen LogP) is 1.00. The van der Waals surface area contributed by atoms with Crippen molar-refractivity contribution in [3.8, 4) is 0 Å². The Labute approximate surface area is 117 Å². The molecule has 0 aliphatic carbocycles. The normalized spacial score (nSPS) is 15.2. The molecule has 20 heavy (non-hydrogen) atoms. The summed E-state index contributed by atoms with van der Waals surface area (Å²) in [4.78, 5) is 29.2. The van der Waals surface area contributed by atoms with Gasteiger partial charge in [0, 0.05) is 37.5 Å². The maximum atomic E-state index is 12.1. The molecule has 2 N–H and O–H groups in total. The number of nitrogens with zero attached hydrogens (tertiary/aromatic N) is 3. The van der Waals surface area contributed by atoms with Crippen molar-refractivity contribution < 1.29 is 0 Å². The first kappa shape index (κ1) is 13.1. The van der Waals surface area contributed by atoms with Crippen LogP contribution in [0.25, 0.3) is 0 Å². The number of nitrogens with one attached hydrogen (secondary N) is 2. The SMILES string of the molecule is CCCc1nc2c(c(=O)[nH]1)CCN(Cc1ncc[nH]1)C2. The van der Waals surface area contributed by atoms with Crippen molar-refractivity contribution in [2.24, 2.45) is 0 Å². The van der Waals surface area contributed by atoms with Crippen molar-refractivity contribution >= 4 is 0 Å². The van der Waals surface area contributed by atoms with Gasteiger partial charge in [0.25, 0.3) is 5.56 Å². The highest BCUT2D eigenvalue weighted by molar-refractivity contribution is 5.21. The summed E-state index contributed by atoms with van der Waals surface area (Å²) in [6.45, 7) is 4.44. The van der Waals surface area contributed by atoms with Crippen molar-refractivity contribution in [2.45, 2.75) is 39.3 Å². The van der Waals surface area contributed by atoms with Gasteiger partial charge in [-0.15, -0.1) is 0 Å². The van der Waals surface area contributed by atoms with Crippen LogP contribution in [0.1, 0.15) is 36.3 Å². The average Bonchev–Trinajstić information content (AvgIpc) is 2.91. The number of hydrogen-bond donors (Lipinski definition) is 2. The third-order valence-electron chi connectivity index (χ3n) is 3.62. The molecule has 0 atom stereocenters. The minimum atomic E-state index is 0.0381. The molecule has 106 valence electrons.